The van der Waals surface area contributed by atoms with Gasteiger partial charge in [-0.05, 0) is 44.0 Å². The van der Waals surface area contributed by atoms with Crippen molar-refractivity contribution in [2.45, 2.75) is 39.8 Å². The fraction of sp³-hybridized carbons (Fsp3) is 0.375. The zero-order valence-corrected chi connectivity index (χ0v) is 12.8. The number of nitrogens with one attached hydrogen (secondary N) is 1. The minimum atomic E-state index is -0.141. The minimum Gasteiger partial charge on any atom is -0.324 e. The highest BCUT2D eigenvalue weighted by Gasteiger charge is 2.14. The van der Waals surface area contributed by atoms with Crippen molar-refractivity contribution in [3.63, 3.8) is 0 Å². The van der Waals surface area contributed by atoms with E-state index in [1.54, 1.807) is 4.68 Å². The molecule has 1 atom stereocenters. The summed E-state index contributed by atoms with van der Waals surface area (Å²) < 4.78 is 1.73. The molecule has 1 heterocycles. The van der Waals surface area contributed by atoms with Gasteiger partial charge in [0.2, 0.25) is 0 Å². The number of hydrogen-bond donors (Lipinski definition) is 2. The summed E-state index contributed by atoms with van der Waals surface area (Å²) in [4.78, 5) is 12.3. The molecule has 0 bridgehead atoms. The van der Waals surface area contributed by atoms with Crippen LogP contribution in [-0.4, -0.2) is 15.7 Å². The Bertz CT molecular complexity index is 614. The molecule has 2 aromatic rings. The number of rotatable bonds is 5. The van der Waals surface area contributed by atoms with Crippen LogP contribution < -0.4 is 11.1 Å². The Morgan fingerprint density at radius 1 is 1.33 bits per heavy atom. The molecule has 0 fully saturated rings. The Labute approximate surface area is 125 Å². The Morgan fingerprint density at radius 2 is 2.00 bits per heavy atom. The normalized spacial score (nSPS) is 12.2. The summed E-state index contributed by atoms with van der Waals surface area (Å²) in [5.74, 6) is -0.141. The van der Waals surface area contributed by atoms with E-state index in [1.807, 2.05) is 51.1 Å². The van der Waals surface area contributed by atoms with E-state index in [-0.39, 0.29) is 11.9 Å². The molecular weight excluding hydrogens is 264 g/mol. The first-order chi connectivity index (χ1) is 10.0. The Hall–Kier alpha value is -2.14. The highest BCUT2D eigenvalue weighted by atomic mass is 16.2. The lowest BCUT2D eigenvalue weighted by Gasteiger charge is -2.09. The summed E-state index contributed by atoms with van der Waals surface area (Å²) in [6, 6.07) is 9.41. The molecule has 0 radical (unpaired) electrons. The van der Waals surface area contributed by atoms with Gasteiger partial charge in [-0.1, -0.05) is 19.1 Å². The van der Waals surface area contributed by atoms with Crippen molar-refractivity contribution in [2.24, 2.45) is 5.73 Å². The van der Waals surface area contributed by atoms with Gasteiger partial charge in [-0.3, -0.25) is 9.48 Å². The second-order valence-corrected chi connectivity index (χ2v) is 5.06. The zero-order valence-electron chi connectivity index (χ0n) is 12.8. The second kappa shape index (κ2) is 6.54. The number of carbonyl (C=O) groups is 1. The Balaban J connectivity index is 2.15. The van der Waals surface area contributed by atoms with Gasteiger partial charge in [0, 0.05) is 18.3 Å². The van der Waals surface area contributed by atoms with Crippen LogP contribution in [0.3, 0.4) is 0 Å². The van der Waals surface area contributed by atoms with Gasteiger partial charge in [0.05, 0.1) is 5.69 Å². The van der Waals surface area contributed by atoms with Crippen LogP contribution in [0.4, 0.5) is 5.69 Å². The highest BCUT2D eigenvalue weighted by molar-refractivity contribution is 6.03. The molecule has 2 rings (SSSR count). The lowest BCUT2D eigenvalue weighted by Crippen LogP contribution is -2.17. The van der Waals surface area contributed by atoms with Crippen LogP contribution in [0, 0.1) is 0 Å². The molecule has 0 aliphatic rings. The monoisotopic (exact) mass is 286 g/mol. The van der Waals surface area contributed by atoms with E-state index in [0.29, 0.717) is 12.2 Å². The van der Waals surface area contributed by atoms with Crippen molar-refractivity contribution >= 4 is 11.6 Å². The number of anilines is 1. The van der Waals surface area contributed by atoms with Crippen molar-refractivity contribution in [1.82, 2.24) is 9.78 Å². The molecule has 0 aliphatic heterocycles. The molecule has 112 valence electrons. The van der Waals surface area contributed by atoms with Crippen LogP contribution in [0.15, 0.2) is 30.3 Å². The fourth-order valence-corrected chi connectivity index (χ4v) is 2.13. The standard InChI is InChI=1S/C16H22N4O/c1-4-13-10-15(20(5-2)19-13)16(21)18-14-8-6-12(7-9-14)11(3)17/h6-11H,4-5,17H2,1-3H3,(H,18,21). The number of aryl methyl sites for hydroxylation is 2. The molecule has 21 heavy (non-hydrogen) atoms. The zero-order chi connectivity index (χ0) is 15.4. The topological polar surface area (TPSA) is 72.9 Å². The van der Waals surface area contributed by atoms with E-state index in [1.165, 1.54) is 0 Å². The minimum absolute atomic E-state index is 0.0108. The van der Waals surface area contributed by atoms with Crippen molar-refractivity contribution in [1.29, 1.82) is 0 Å². The molecule has 1 amide bonds. The largest absolute Gasteiger partial charge is 0.324 e. The maximum Gasteiger partial charge on any atom is 0.273 e. The molecule has 0 aliphatic carbocycles. The molecule has 0 spiro atoms. The van der Waals surface area contributed by atoms with E-state index in [4.69, 9.17) is 5.73 Å². The van der Waals surface area contributed by atoms with Gasteiger partial charge in [-0.15, -0.1) is 0 Å². The predicted molar refractivity (Wildman–Crippen MR) is 84.3 cm³/mol. The molecule has 1 aromatic carbocycles. The molecule has 3 N–H and O–H groups in total. The number of carbonyl (C=O) groups excluding carboxylic acids is 1. The maximum atomic E-state index is 12.3. The summed E-state index contributed by atoms with van der Waals surface area (Å²) in [5.41, 5.74) is 9.12. The third-order valence-corrected chi connectivity index (χ3v) is 3.42. The van der Waals surface area contributed by atoms with Gasteiger partial charge in [-0.25, -0.2) is 0 Å². The molecule has 0 saturated carbocycles. The molecular formula is C16H22N4O. The summed E-state index contributed by atoms with van der Waals surface area (Å²) >= 11 is 0. The van der Waals surface area contributed by atoms with Crippen LogP contribution in [0.25, 0.3) is 0 Å². The van der Waals surface area contributed by atoms with E-state index < -0.39 is 0 Å². The molecule has 5 nitrogen and oxygen atoms in total. The SMILES string of the molecule is CCc1cc(C(=O)Nc2ccc(C(C)N)cc2)n(CC)n1. The number of hydrogen-bond acceptors (Lipinski definition) is 3. The first-order valence-electron chi connectivity index (χ1n) is 7.28. The first kappa shape index (κ1) is 15.3. The van der Waals surface area contributed by atoms with Gasteiger partial charge in [0.15, 0.2) is 0 Å². The molecule has 1 unspecified atom stereocenters. The summed E-state index contributed by atoms with van der Waals surface area (Å²) in [6.07, 6.45) is 0.816. The first-order valence-corrected chi connectivity index (χ1v) is 7.28. The van der Waals surface area contributed by atoms with E-state index >= 15 is 0 Å². The number of nitrogens with zero attached hydrogens (tertiary/aromatic N) is 2. The summed E-state index contributed by atoms with van der Waals surface area (Å²) in [5, 5.41) is 7.28. The van der Waals surface area contributed by atoms with Crippen molar-refractivity contribution in [3.8, 4) is 0 Å². The fourth-order valence-electron chi connectivity index (χ4n) is 2.13. The van der Waals surface area contributed by atoms with E-state index in [2.05, 4.69) is 10.4 Å². The quantitative estimate of drug-likeness (QED) is 0.887. The molecule has 0 saturated heterocycles. The number of nitrogens with two attached hydrogens (primary N) is 1. The average molecular weight is 286 g/mol. The third kappa shape index (κ3) is 3.49. The van der Waals surface area contributed by atoms with Crippen LogP contribution in [0.2, 0.25) is 0 Å². The number of benzene rings is 1. The molecule has 5 heteroatoms. The van der Waals surface area contributed by atoms with Crippen molar-refractivity contribution in [2.75, 3.05) is 5.32 Å². The van der Waals surface area contributed by atoms with Gasteiger partial charge in [-0.2, -0.15) is 5.10 Å². The molecule has 1 aromatic heterocycles. The smallest absolute Gasteiger partial charge is 0.273 e. The highest BCUT2D eigenvalue weighted by Crippen LogP contribution is 2.15. The lowest BCUT2D eigenvalue weighted by atomic mass is 10.1. The van der Waals surface area contributed by atoms with Crippen LogP contribution in [0.5, 0.6) is 0 Å². The van der Waals surface area contributed by atoms with Gasteiger partial charge in [0.1, 0.15) is 5.69 Å². The average Bonchev–Trinajstić information content (AvgIpc) is 2.91. The van der Waals surface area contributed by atoms with Crippen LogP contribution in [0.1, 0.15) is 48.6 Å². The van der Waals surface area contributed by atoms with E-state index in [9.17, 15) is 4.79 Å². The van der Waals surface area contributed by atoms with Gasteiger partial charge >= 0.3 is 0 Å². The Morgan fingerprint density at radius 3 is 2.52 bits per heavy atom. The second-order valence-electron chi connectivity index (χ2n) is 5.06. The van der Waals surface area contributed by atoms with Gasteiger partial charge in [0.25, 0.3) is 5.91 Å². The maximum absolute atomic E-state index is 12.3. The van der Waals surface area contributed by atoms with E-state index in [0.717, 1.165) is 23.4 Å². The van der Waals surface area contributed by atoms with Gasteiger partial charge < -0.3 is 11.1 Å². The summed E-state index contributed by atoms with van der Waals surface area (Å²) in [6.45, 7) is 6.60. The predicted octanol–water partition coefficient (Wildman–Crippen LogP) is 2.74. The number of amides is 1. The van der Waals surface area contributed by atoms with Crippen LogP contribution >= 0.6 is 0 Å². The summed E-state index contributed by atoms with van der Waals surface area (Å²) in [7, 11) is 0. The van der Waals surface area contributed by atoms with Crippen molar-refractivity contribution in [3.05, 3.63) is 47.3 Å². The van der Waals surface area contributed by atoms with Crippen molar-refractivity contribution < 1.29 is 4.79 Å². The number of aromatic nitrogens is 2. The lowest BCUT2D eigenvalue weighted by molar-refractivity contribution is 0.101. The van der Waals surface area contributed by atoms with Crippen LogP contribution in [-0.2, 0) is 13.0 Å². The Kier molecular flexibility index (Phi) is 4.75. The third-order valence-electron chi connectivity index (χ3n) is 3.42.